The lowest BCUT2D eigenvalue weighted by molar-refractivity contribution is -0.138. The summed E-state index contributed by atoms with van der Waals surface area (Å²) in [4.78, 5) is 28.2. The normalized spacial score (nSPS) is 18.5. The Balaban J connectivity index is 1.96. The molecule has 2 aromatic rings. The molecule has 0 bridgehead atoms. The molecule has 2 N–H and O–H groups in total. The van der Waals surface area contributed by atoms with Crippen LogP contribution in [0.15, 0.2) is 71.2 Å². The van der Waals surface area contributed by atoms with Crippen molar-refractivity contribution < 1.29 is 19.1 Å². The summed E-state index contributed by atoms with van der Waals surface area (Å²) in [6, 6.07) is 14.5. The van der Waals surface area contributed by atoms with E-state index in [1.807, 2.05) is 36.4 Å². The minimum absolute atomic E-state index is 0.0142. The fourth-order valence-corrected chi connectivity index (χ4v) is 4.54. The summed E-state index contributed by atoms with van der Waals surface area (Å²) in [5, 5.41) is 0.587. The predicted octanol–water partition coefficient (Wildman–Crippen LogP) is 4.69. The molecular weight excluding hydrogens is 428 g/mol. The molecule has 2 aliphatic rings. The third kappa shape index (κ3) is 3.86. The second-order valence-corrected chi connectivity index (χ2v) is 8.11. The summed E-state index contributed by atoms with van der Waals surface area (Å²) < 4.78 is 10.7. The van der Waals surface area contributed by atoms with Gasteiger partial charge >= 0.3 is 5.97 Å². The number of anilines is 1. The summed E-state index contributed by atoms with van der Waals surface area (Å²) in [7, 11) is 1.59. The Labute approximate surface area is 192 Å². The lowest BCUT2D eigenvalue weighted by Crippen LogP contribution is -2.41. The van der Waals surface area contributed by atoms with Crippen LogP contribution < -0.4 is 15.4 Å². The van der Waals surface area contributed by atoms with Gasteiger partial charge in [-0.05, 0) is 61.7 Å². The lowest BCUT2D eigenvalue weighted by atomic mass is 9.75. The van der Waals surface area contributed by atoms with Gasteiger partial charge in [0.2, 0.25) is 0 Å². The molecule has 0 amide bonds. The van der Waals surface area contributed by atoms with Crippen LogP contribution in [0.2, 0.25) is 5.02 Å². The highest BCUT2D eigenvalue weighted by atomic mass is 35.5. The summed E-state index contributed by atoms with van der Waals surface area (Å²) in [5.41, 5.74) is 9.86. The van der Waals surface area contributed by atoms with Gasteiger partial charge in [-0.1, -0.05) is 23.7 Å². The van der Waals surface area contributed by atoms with Gasteiger partial charge in [0.1, 0.15) is 11.6 Å². The molecule has 0 saturated carbocycles. The van der Waals surface area contributed by atoms with Crippen LogP contribution in [-0.2, 0) is 14.3 Å². The fraction of sp³-hybridized carbons (Fsp3) is 0.280. The number of esters is 1. The Kier molecular flexibility index (Phi) is 6.24. The summed E-state index contributed by atoms with van der Waals surface area (Å²) in [5.74, 6) is -0.174. The molecule has 0 fully saturated rings. The maximum Gasteiger partial charge on any atom is 0.338 e. The van der Waals surface area contributed by atoms with Gasteiger partial charge in [-0.15, -0.1) is 0 Å². The van der Waals surface area contributed by atoms with E-state index in [4.69, 9.17) is 26.8 Å². The van der Waals surface area contributed by atoms with Crippen molar-refractivity contribution in [1.29, 1.82) is 0 Å². The van der Waals surface area contributed by atoms with E-state index in [0.29, 0.717) is 29.2 Å². The minimum Gasteiger partial charge on any atom is -0.497 e. The molecule has 2 aromatic carbocycles. The Morgan fingerprint density at radius 3 is 2.44 bits per heavy atom. The number of benzene rings is 2. The molecule has 32 heavy (non-hydrogen) atoms. The van der Waals surface area contributed by atoms with Gasteiger partial charge in [0.25, 0.3) is 0 Å². The summed E-state index contributed by atoms with van der Waals surface area (Å²) in [6.45, 7) is 1.94. The zero-order valence-corrected chi connectivity index (χ0v) is 18.8. The first-order chi connectivity index (χ1) is 15.5. The molecule has 1 aliphatic heterocycles. The molecule has 6 nitrogen and oxygen atoms in total. The van der Waals surface area contributed by atoms with Crippen molar-refractivity contribution in [3.63, 3.8) is 0 Å². The molecule has 0 aromatic heterocycles. The third-order valence-corrected chi connectivity index (χ3v) is 6.07. The first-order valence-electron chi connectivity index (χ1n) is 10.6. The number of nitrogens with zero attached hydrogens (tertiary/aromatic N) is 1. The Morgan fingerprint density at radius 1 is 1.12 bits per heavy atom. The molecule has 4 rings (SSSR count). The Bertz CT molecular complexity index is 1100. The van der Waals surface area contributed by atoms with Crippen LogP contribution in [0.5, 0.6) is 5.75 Å². The van der Waals surface area contributed by atoms with Crippen LogP contribution >= 0.6 is 11.6 Å². The van der Waals surface area contributed by atoms with Gasteiger partial charge in [0.05, 0.1) is 25.2 Å². The van der Waals surface area contributed by atoms with Gasteiger partial charge < -0.3 is 15.2 Å². The van der Waals surface area contributed by atoms with Gasteiger partial charge in [-0.2, -0.15) is 0 Å². The predicted molar refractivity (Wildman–Crippen MR) is 123 cm³/mol. The first kappa shape index (κ1) is 22.0. The number of carbonyl (C=O) groups excluding carboxylic acids is 2. The fourth-order valence-electron chi connectivity index (χ4n) is 4.41. The number of hydrogen-bond donors (Lipinski definition) is 1. The maximum absolute atomic E-state index is 13.3. The minimum atomic E-state index is -0.605. The second kappa shape index (κ2) is 9.09. The van der Waals surface area contributed by atoms with Crippen molar-refractivity contribution in [3.05, 3.63) is 81.8 Å². The number of hydrogen-bond acceptors (Lipinski definition) is 6. The molecule has 7 heteroatoms. The quantitative estimate of drug-likeness (QED) is 0.662. The van der Waals surface area contributed by atoms with Crippen molar-refractivity contribution >= 4 is 29.0 Å². The van der Waals surface area contributed by atoms with E-state index < -0.39 is 11.9 Å². The van der Waals surface area contributed by atoms with E-state index in [9.17, 15) is 9.59 Å². The molecule has 166 valence electrons. The number of ketones is 1. The van der Waals surface area contributed by atoms with Crippen molar-refractivity contribution in [1.82, 2.24) is 0 Å². The molecule has 1 aliphatic carbocycles. The van der Waals surface area contributed by atoms with Gasteiger partial charge in [-0.25, -0.2) is 4.79 Å². The van der Waals surface area contributed by atoms with Crippen LogP contribution in [-0.4, -0.2) is 25.5 Å². The number of rotatable bonds is 5. The van der Waals surface area contributed by atoms with Crippen LogP contribution in [0.3, 0.4) is 0 Å². The topological polar surface area (TPSA) is 81.9 Å². The van der Waals surface area contributed by atoms with E-state index in [1.54, 1.807) is 31.1 Å². The number of allylic oxidation sites excluding steroid dienone is 2. The second-order valence-electron chi connectivity index (χ2n) is 7.67. The molecular formula is C25H25ClN2O4. The van der Waals surface area contributed by atoms with Gasteiger partial charge in [-0.3, -0.25) is 9.69 Å². The Hall–Kier alpha value is -3.25. The van der Waals surface area contributed by atoms with Crippen LogP contribution in [0, 0.1) is 0 Å². The third-order valence-electron chi connectivity index (χ3n) is 5.82. The zero-order valence-electron chi connectivity index (χ0n) is 18.1. The average molecular weight is 453 g/mol. The average Bonchev–Trinajstić information content (AvgIpc) is 2.79. The SMILES string of the molecule is CCOC(=O)C1=C(N)N(c2ccc(Cl)cc2)C2=C(C(=O)CCC2)C1c1ccc(OC)cc1. The summed E-state index contributed by atoms with van der Waals surface area (Å²) >= 11 is 6.08. The summed E-state index contributed by atoms with van der Waals surface area (Å²) in [6.07, 6.45) is 1.82. The molecule has 1 unspecified atom stereocenters. The number of nitrogens with two attached hydrogens (primary N) is 1. The van der Waals surface area contributed by atoms with E-state index in [2.05, 4.69) is 0 Å². The van der Waals surface area contributed by atoms with Gasteiger partial charge in [0, 0.05) is 28.4 Å². The standard InChI is InChI=1S/C25H25ClN2O4/c1-3-32-25(30)23-21(15-7-13-18(31-2)14-8-15)22-19(5-4-6-20(22)29)28(24(23)27)17-11-9-16(26)10-12-17/h7-14,21H,3-6,27H2,1-2H3. The first-order valence-corrected chi connectivity index (χ1v) is 11.0. The highest BCUT2D eigenvalue weighted by molar-refractivity contribution is 6.30. The number of carbonyl (C=O) groups is 2. The van der Waals surface area contributed by atoms with Crippen molar-refractivity contribution in [2.45, 2.75) is 32.1 Å². The largest absolute Gasteiger partial charge is 0.497 e. The van der Waals surface area contributed by atoms with E-state index >= 15 is 0 Å². The molecule has 1 heterocycles. The van der Waals surface area contributed by atoms with E-state index in [-0.39, 0.29) is 23.8 Å². The lowest BCUT2D eigenvalue weighted by Gasteiger charge is -2.40. The van der Waals surface area contributed by atoms with E-state index in [1.165, 1.54) is 0 Å². The highest BCUT2D eigenvalue weighted by Gasteiger charge is 2.43. The van der Waals surface area contributed by atoms with Crippen LogP contribution in [0.4, 0.5) is 5.69 Å². The monoisotopic (exact) mass is 452 g/mol. The van der Waals surface area contributed by atoms with Crippen molar-refractivity contribution in [2.24, 2.45) is 5.73 Å². The highest BCUT2D eigenvalue weighted by Crippen LogP contribution is 2.47. The smallest absolute Gasteiger partial charge is 0.338 e. The molecule has 0 radical (unpaired) electrons. The molecule has 0 spiro atoms. The number of halogens is 1. The van der Waals surface area contributed by atoms with Crippen LogP contribution in [0.25, 0.3) is 0 Å². The van der Waals surface area contributed by atoms with E-state index in [0.717, 1.165) is 23.4 Å². The molecule has 1 atom stereocenters. The zero-order chi connectivity index (χ0) is 22.8. The number of Topliss-reactive ketones (excluding diaryl/α,β-unsaturated/α-hetero) is 1. The van der Waals surface area contributed by atoms with Gasteiger partial charge in [0.15, 0.2) is 5.78 Å². The number of methoxy groups -OCH3 is 1. The molecule has 0 saturated heterocycles. The van der Waals surface area contributed by atoms with Crippen molar-refractivity contribution in [3.8, 4) is 5.75 Å². The van der Waals surface area contributed by atoms with Crippen LogP contribution in [0.1, 0.15) is 37.7 Å². The number of ether oxygens (including phenoxy) is 2. The Morgan fingerprint density at radius 2 is 1.81 bits per heavy atom. The maximum atomic E-state index is 13.3. The van der Waals surface area contributed by atoms with Crippen molar-refractivity contribution in [2.75, 3.05) is 18.6 Å².